The second-order valence-corrected chi connectivity index (χ2v) is 27.8. The van der Waals surface area contributed by atoms with Gasteiger partial charge in [0.1, 0.15) is 0 Å². The Morgan fingerprint density at radius 1 is 0.467 bits per heavy atom. The van der Waals surface area contributed by atoms with Crippen molar-refractivity contribution >= 4 is 189 Å². The molecule has 0 bridgehead atoms. The van der Waals surface area contributed by atoms with E-state index in [0.29, 0.717) is 0 Å². The fourth-order valence-electron chi connectivity index (χ4n) is 2.34. The van der Waals surface area contributed by atoms with E-state index in [-0.39, 0.29) is 40.9 Å². The van der Waals surface area contributed by atoms with Crippen LogP contribution in [0.15, 0.2) is 16.9 Å². The predicted molar refractivity (Wildman–Crippen MR) is 165 cm³/mol. The molecule has 0 N–H and O–H groups in total. The Morgan fingerprint density at radius 3 is 0.967 bits per heavy atom. The van der Waals surface area contributed by atoms with Crippen molar-refractivity contribution in [1.29, 1.82) is 0 Å². The molecule has 0 unspecified atom stereocenters. The Bertz CT molecular complexity index is 1240. The van der Waals surface area contributed by atoms with Gasteiger partial charge < -0.3 is 0 Å². The molecule has 0 nitrogen and oxygen atoms in total. The molecule has 0 fully saturated rings. The SMILES string of the molecule is CSC1=C(SC)SC(=c2sc3[te]c4sc(=C5SC(SC)=C(SC)S5)sc=4[te]c=3s2)S1. The molecule has 160 valence electrons. The third-order valence-corrected chi connectivity index (χ3v) is 33.1. The summed E-state index contributed by atoms with van der Waals surface area (Å²) in [6.45, 7) is 0. The molecule has 0 radical (unpaired) electrons. The van der Waals surface area contributed by atoms with E-state index in [1.165, 1.54) is 25.4 Å². The first-order valence-corrected chi connectivity index (χ1v) is 24.1. The van der Waals surface area contributed by atoms with E-state index in [1.54, 1.807) is 17.9 Å². The van der Waals surface area contributed by atoms with E-state index in [1.807, 2.05) is 94.1 Å². The monoisotopic (exact) mass is 848 g/mol. The van der Waals surface area contributed by atoms with Gasteiger partial charge in [0.25, 0.3) is 0 Å². The summed E-state index contributed by atoms with van der Waals surface area (Å²) in [5.41, 5.74) is 0. The molecule has 5 aliphatic heterocycles. The summed E-state index contributed by atoms with van der Waals surface area (Å²) in [5, 5.41) is 0. The van der Waals surface area contributed by atoms with Crippen LogP contribution in [0, 0.1) is 10.2 Å². The van der Waals surface area contributed by atoms with Gasteiger partial charge in [-0.2, -0.15) is 0 Å². The maximum absolute atomic E-state index is 2.21. The minimum absolute atomic E-state index is 0.208. The first-order valence-electron chi connectivity index (χ1n) is 8.03. The summed E-state index contributed by atoms with van der Waals surface area (Å²) >= 11 is 23.8. The molecular formula is C16H12S12Te2. The molecule has 0 aliphatic carbocycles. The predicted octanol–water partition coefficient (Wildman–Crippen LogP) is 7.42. The van der Waals surface area contributed by atoms with Gasteiger partial charge in [-0.05, 0) is 0 Å². The van der Waals surface area contributed by atoms with Gasteiger partial charge in [-0.25, -0.2) is 0 Å². The van der Waals surface area contributed by atoms with Gasteiger partial charge in [0.2, 0.25) is 0 Å². The van der Waals surface area contributed by atoms with Gasteiger partial charge in [-0.1, -0.05) is 0 Å². The molecule has 5 aliphatic rings. The number of hydrogen-bond acceptors (Lipinski definition) is 12. The first kappa shape index (κ1) is 25.4. The third-order valence-electron chi connectivity index (χ3n) is 3.60. The quantitative estimate of drug-likeness (QED) is 0.246. The molecular weight excluding hydrogens is 832 g/mol. The zero-order valence-corrected chi connectivity index (χ0v) is 30.2. The van der Waals surface area contributed by atoms with Gasteiger partial charge in [-0.15, -0.1) is 0 Å². The topological polar surface area (TPSA) is 0 Å². The molecule has 0 saturated heterocycles. The van der Waals surface area contributed by atoms with Crippen LogP contribution in [0.5, 0.6) is 0 Å². The summed E-state index contributed by atoms with van der Waals surface area (Å²) in [6, 6.07) is 0. The van der Waals surface area contributed by atoms with Gasteiger partial charge in [0, 0.05) is 0 Å². The molecule has 0 aromatic heterocycles. The average Bonchev–Trinajstić information content (AvgIpc) is 3.53. The summed E-state index contributed by atoms with van der Waals surface area (Å²) in [4.78, 5) is 0. The second-order valence-electron chi connectivity index (χ2n) is 5.29. The zero-order valence-electron chi connectivity index (χ0n) is 15.7. The Morgan fingerprint density at radius 2 is 0.733 bits per heavy atom. The Balaban J connectivity index is 1.55. The van der Waals surface area contributed by atoms with Crippen LogP contribution in [0.3, 0.4) is 0 Å². The Hall–Kier alpha value is 3.70. The van der Waals surface area contributed by atoms with E-state index in [4.69, 9.17) is 0 Å². The fraction of sp³-hybridized carbons (Fsp3) is 0.250. The summed E-state index contributed by atoms with van der Waals surface area (Å²) < 4.78 is 19.4. The fourth-order valence-corrected chi connectivity index (χ4v) is 33.8. The minimum atomic E-state index is -0.208. The summed E-state index contributed by atoms with van der Waals surface area (Å²) in [7, 11) is 0. The van der Waals surface area contributed by atoms with Crippen molar-refractivity contribution in [2.75, 3.05) is 25.0 Å². The summed E-state index contributed by atoms with van der Waals surface area (Å²) in [5.74, 6) is 0. The van der Waals surface area contributed by atoms with E-state index in [9.17, 15) is 0 Å². The van der Waals surface area contributed by atoms with Crippen LogP contribution in [0.2, 0.25) is 0 Å². The van der Waals surface area contributed by atoms with Crippen molar-refractivity contribution in [2.24, 2.45) is 0 Å². The molecule has 0 aromatic carbocycles. The Kier molecular flexibility index (Phi) is 9.63. The number of thioether (sulfide) groups is 8. The van der Waals surface area contributed by atoms with Gasteiger partial charge in [0.15, 0.2) is 0 Å². The van der Waals surface area contributed by atoms with Crippen LogP contribution in [0.25, 0.3) is 8.47 Å². The van der Waals surface area contributed by atoms with Crippen molar-refractivity contribution in [3.05, 3.63) is 34.8 Å². The Labute approximate surface area is 244 Å². The van der Waals surface area contributed by atoms with Gasteiger partial charge >= 0.3 is 249 Å². The first-order chi connectivity index (χ1) is 14.6. The van der Waals surface area contributed by atoms with Crippen LogP contribution >= 0.6 is 139 Å². The van der Waals surface area contributed by atoms with E-state index in [2.05, 4.69) is 70.4 Å². The normalized spacial score (nSPS) is 17.6. The molecule has 5 rings (SSSR count). The average molecular weight is 844 g/mol. The molecule has 14 heteroatoms. The van der Waals surface area contributed by atoms with Crippen LogP contribution in [0.1, 0.15) is 0 Å². The van der Waals surface area contributed by atoms with E-state index in [0.717, 1.165) is 0 Å². The maximum atomic E-state index is 2.21. The molecule has 0 aromatic rings. The molecule has 0 saturated carbocycles. The van der Waals surface area contributed by atoms with Crippen LogP contribution < -0.4 is 7.69 Å². The molecule has 0 amide bonds. The van der Waals surface area contributed by atoms with E-state index < -0.39 is 0 Å². The third kappa shape index (κ3) is 5.21. The van der Waals surface area contributed by atoms with Crippen LogP contribution in [0.4, 0.5) is 0 Å². The van der Waals surface area contributed by atoms with E-state index >= 15 is 0 Å². The molecule has 5 heterocycles. The van der Waals surface area contributed by atoms with Gasteiger partial charge in [-0.3, -0.25) is 0 Å². The summed E-state index contributed by atoms with van der Waals surface area (Å²) in [6.07, 6.45) is 8.83. The van der Waals surface area contributed by atoms with Crippen molar-refractivity contribution in [3.63, 3.8) is 0 Å². The van der Waals surface area contributed by atoms with Crippen molar-refractivity contribution < 1.29 is 0 Å². The molecule has 30 heavy (non-hydrogen) atoms. The second kappa shape index (κ2) is 11.4. The van der Waals surface area contributed by atoms with Crippen LogP contribution in [-0.2, 0) is 0 Å². The molecule has 0 spiro atoms. The van der Waals surface area contributed by atoms with Crippen molar-refractivity contribution in [3.8, 4) is 0 Å². The van der Waals surface area contributed by atoms with Crippen molar-refractivity contribution in [2.45, 2.75) is 0 Å². The van der Waals surface area contributed by atoms with Crippen LogP contribution in [-0.4, -0.2) is 65.9 Å². The zero-order chi connectivity index (χ0) is 20.8. The van der Waals surface area contributed by atoms with Crippen molar-refractivity contribution in [1.82, 2.24) is 0 Å². The van der Waals surface area contributed by atoms with Gasteiger partial charge in [0.05, 0.1) is 0 Å². The number of rotatable bonds is 4. The number of hydrogen-bond donors (Lipinski definition) is 0. The standard InChI is InChI=1S/C16H12S12Te2/c1-17-5-6(18-2)22-9(21-5)11-25-13-14(26-11)30-16-15(29-13)27-12(28-16)10-23-7(19-3)8(20-4)24-10/h1-4H3. The molecule has 0 atom stereocenters.